The van der Waals surface area contributed by atoms with Crippen molar-refractivity contribution in [3.63, 3.8) is 0 Å². The van der Waals surface area contributed by atoms with Crippen LogP contribution in [0.3, 0.4) is 0 Å². The minimum absolute atomic E-state index is 0.130. The number of halogens is 2. The lowest BCUT2D eigenvalue weighted by Gasteiger charge is -2.38. The second kappa shape index (κ2) is 9.63. The Morgan fingerprint density at radius 2 is 2.23 bits per heavy atom. The number of benzene rings is 1. The van der Waals surface area contributed by atoms with Crippen LogP contribution in [0.25, 0.3) is 0 Å². The highest BCUT2D eigenvalue weighted by molar-refractivity contribution is 7.11. The Labute approximate surface area is 209 Å². The molecule has 2 saturated heterocycles. The van der Waals surface area contributed by atoms with Crippen molar-refractivity contribution in [3.8, 4) is 0 Å². The molecule has 10 nitrogen and oxygen atoms in total. The largest absolute Gasteiger partial charge is 0.466 e. The zero-order valence-electron chi connectivity index (χ0n) is 18.6. The summed E-state index contributed by atoms with van der Waals surface area (Å²) in [6.45, 7) is 1.64. The fourth-order valence-corrected chi connectivity index (χ4v) is 5.38. The van der Waals surface area contributed by atoms with Gasteiger partial charge in [-0.1, -0.05) is 17.7 Å². The first-order valence-electron chi connectivity index (χ1n) is 10.8. The average molecular weight is 521 g/mol. The molecule has 3 N–H and O–H groups in total. The molecule has 3 aliphatic rings. The number of ether oxygens (including phenoxy) is 1. The predicted molar refractivity (Wildman–Crippen MR) is 126 cm³/mol. The van der Waals surface area contributed by atoms with Crippen molar-refractivity contribution >= 4 is 40.6 Å². The molecule has 2 aromatic rings. The maximum atomic E-state index is 13.8. The summed E-state index contributed by atoms with van der Waals surface area (Å²) in [6, 6.07) is 2.58. The zero-order chi connectivity index (χ0) is 24.7. The van der Waals surface area contributed by atoms with Gasteiger partial charge in [-0.2, -0.15) is 0 Å². The summed E-state index contributed by atoms with van der Waals surface area (Å²) in [6.07, 6.45) is 0.646. The molecule has 0 aliphatic carbocycles. The Bertz CT molecular complexity index is 1220. The number of hydrogen-bond donors (Lipinski definition) is 3. The van der Waals surface area contributed by atoms with E-state index in [4.69, 9.17) is 21.3 Å². The number of aliphatic hydroxyl groups excluding tert-OH is 1. The number of nitrogens with one attached hydrogen (secondary N) is 2. The molecule has 184 valence electrons. The number of nitrogens with zero attached hydrogens (tertiary/aromatic N) is 4. The molecule has 2 unspecified atom stereocenters. The molecule has 0 radical (unpaired) electrons. The number of aromatic nitrogens is 1. The van der Waals surface area contributed by atoms with Crippen LogP contribution in [-0.2, 0) is 14.3 Å². The van der Waals surface area contributed by atoms with Gasteiger partial charge in [0.15, 0.2) is 17.2 Å². The number of amidine groups is 1. The van der Waals surface area contributed by atoms with E-state index in [0.717, 1.165) is 0 Å². The van der Waals surface area contributed by atoms with E-state index in [1.807, 2.05) is 10.3 Å². The summed E-state index contributed by atoms with van der Waals surface area (Å²) in [5.41, 5.74) is 1.21. The highest BCUT2D eigenvalue weighted by Crippen LogP contribution is 2.37. The van der Waals surface area contributed by atoms with Crippen LogP contribution in [0.15, 0.2) is 46.0 Å². The van der Waals surface area contributed by atoms with E-state index in [9.17, 15) is 19.1 Å². The molecular weight excluding hydrogens is 499 g/mol. The van der Waals surface area contributed by atoms with Gasteiger partial charge in [-0.05, 0) is 12.1 Å². The van der Waals surface area contributed by atoms with E-state index >= 15 is 0 Å². The molecule has 0 bridgehead atoms. The standard InChI is InChI=1S/C22H22ClFN6O4S/c1-34-21(32)16-14(9-29-5-6-30-15(10-29)19(31)28-22(30)33)26-18(20-25-4-7-35-20)27-17(16)12-3-2-11(24)8-13(12)23/h2-4,7-8,15,17,22,33H,5-6,9-10H2,1H3,(H,26,27)(H,28,31)/t15?,17-,22?/m0/s1. The highest BCUT2D eigenvalue weighted by Gasteiger charge is 2.43. The van der Waals surface area contributed by atoms with Crippen molar-refractivity contribution in [2.24, 2.45) is 4.99 Å². The zero-order valence-corrected chi connectivity index (χ0v) is 20.1. The quantitative estimate of drug-likeness (QED) is 0.496. The first-order chi connectivity index (χ1) is 16.9. The maximum Gasteiger partial charge on any atom is 0.338 e. The number of carbonyl (C=O) groups excluding carboxylic acids is 2. The van der Waals surface area contributed by atoms with E-state index in [0.29, 0.717) is 41.7 Å². The second-order valence-corrected chi connectivity index (χ2v) is 9.56. The van der Waals surface area contributed by atoms with Gasteiger partial charge < -0.3 is 20.5 Å². The van der Waals surface area contributed by atoms with Gasteiger partial charge in [-0.15, -0.1) is 11.3 Å². The molecule has 3 atom stereocenters. The number of esters is 1. The number of thiazole rings is 1. The molecule has 0 saturated carbocycles. The van der Waals surface area contributed by atoms with Gasteiger partial charge in [-0.3, -0.25) is 14.7 Å². The Balaban J connectivity index is 1.54. The van der Waals surface area contributed by atoms with Crippen LogP contribution in [0.1, 0.15) is 16.6 Å². The number of carbonyl (C=O) groups is 2. The third-order valence-corrected chi connectivity index (χ3v) is 7.31. The number of aliphatic hydroxyl groups is 1. The summed E-state index contributed by atoms with van der Waals surface area (Å²) >= 11 is 7.75. The molecule has 35 heavy (non-hydrogen) atoms. The number of hydrogen-bond acceptors (Lipinski definition) is 10. The number of methoxy groups -OCH3 is 1. The lowest BCUT2D eigenvalue weighted by atomic mass is 9.95. The molecule has 1 aromatic carbocycles. The van der Waals surface area contributed by atoms with Crippen molar-refractivity contribution in [1.29, 1.82) is 0 Å². The van der Waals surface area contributed by atoms with Crippen LogP contribution >= 0.6 is 22.9 Å². The van der Waals surface area contributed by atoms with Crippen molar-refractivity contribution in [2.45, 2.75) is 18.4 Å². The Morgan fingerprint density at radius 1 is 1.40 bits per heavy atom. The van der Waals surface area contributed by atoms with Crippen LogP contribution in [0.5, 0.6) is 0 Å². The monoisotopic (exact) mass is 520 g/mol. The fraction of sp³-hybridized carbons (Fsp3) is 0.364. The molecule has 1 aromatic heterocycles. The second-order valence-electron chi connectivity index (χ2n) is 8.26. The summed E-state index contributed by atoms with van der Waals surface area (Å²) in [7, 11) is 1.28. The minimum atomic E-state index is -0.999. The number of amides is 1. The first-order valence-corrected chi connectivity index (χ1v) is 12.1. The predicted octanol–water partition coefficient (Wildman–Crippen LogP) is 0.846. The number of piperazine rings is 1. The maximum absolute atomic E-state index is 13.8. The summed E-state index contributed by atoms with van der Waals surface area (Å²) in [5, 5.41) is 18.3. The lowest BCUT2D eigenvalue weighted by molar-refractivity contribution is -0.136. The number of rotatable bonds is 5. The number of fused-ring (bicyclic) bond motifs is 1. The van der Waals surface area contributed by atoms with E-state index < -0.39 is 30.2 Å². The normalized spacial score (nSPS) is 25.1. The fourth-order valence-electron chi connectivity index (χ4n) is 4.52. The van der Waals surface area contributed by atoms with Crippen molar-refractivity contribution in [1.82, 2.24) is 25.4 Å². The van der Waals surface area contributed by atoms with E-state index in [-0.39, 0.29) is 23.0 Å². The summed E-state index contributed by atoms with van der Waals surface area (Å²) in [5.74, 6) is -0.911. The smallest absolute Gasteiger partial charge is 0.338 e. The molecule has 1 amide bonds. The van der Waals surface area contributed by atoms with E-state index in [2.05, 4.69) is 15.6 Å². The van der Waals surface area contributed by atoms with Gasteiger partial charge in [-0.25, -0.2) is 19.1 Å². The lowest BCUT2D eigenvalue weighted by Crippen LogP contribution is -2.55. The summed E-state index contributed by atoms with van der Waals surface area (Å²) < 4.78 is 18.9. The van der Waals surface area contributed by atoms with Crippen LogP contribution in [0.4, 0.5) is 4.39 Å². The van der Waals surface area contributed by atoms with Crippen LogP contribution in [0.2, 0.25) is 5.02 Å². The van der Waals surface area contributed by atoms with Crippen LogP contribution in [0, 0.1) is 5.82 Å². The first kappa shape index (κ1) is 23.8. The van der Waals surface area contributed by atoms with E-state index in [1.165, 1.54) is 36.6 Å². The highest BCUT2D eigenvalue weighted by atomic mass is 35.5. The van der Waals surface area contributed by atoms with Gasteiger partial charge in [0.1, 0.15) is 17.9 Å². The molecule has 2 fully saturated rings. The van der Waals surface area contributed by atoms with Crippen LogP contribution < -0.4 is 10.6 Å². The van der Waals surface area contributed by atoms with Gasteiger partial charge in [0.2, 0.25) is 5.91 Å². The topological polar surface area (TPSA) is 119 Å². The van der Waals surface area contributed by atoms with Gasteiger partial charge in [0.05, 0.1) is 12.7 Å². The SMILES string of the molecule is COC(=O)C1=C(CN2CCN3C(O)NC(=O)C3C2)NC(c2nccs2)=N[C@H]1c1ccc(F)cc1Cl. The van der Waals surface area contributed by atoms with Crippen molar-refractivity contribution in [3.05, 3.63) is 62.5 Å². The van der Waals surface area contributed by atoms with Crippen molar-refractivity contribution in [2.75, 3.05) is 33.3 Å². The van der Waals surface area contributed by atoms with Crippen LogP contribution in [-0.4, -0.2) is 83.3 Å². The Morgan fingerprint density at radius 3 is 2.94 bits per heavy atom. The molecule has 13 heteroatoms. The number of aliphatic imine (C=N–C) groups is 1. The molecule has 3 aliphatic heterocycles. The van der Waals surface area contributed by atoms with Crippen molar-refractivity contribution < 1.29 is 23.8 Å². The third kappa shape index (κ3) is 4.55. The molecular formula is C22H22ClFN6O4S. The van der Waals surface area contributed by atoms with E-state index in [1.54, 1.807) is 11.1 Å². The van der Waals surface area contributed by atoms with Gasteiger partial charge >= 0.3 is 5.97 Å². The Hall–Kier alpha value is -2.90. The Kier molecular flexibility index (Phi) is 6.55. The summed E-state index contributed by atoms with van der Waals surface area (Å²) in [4.78, 5) is 38.0. The molecule has 0 spiro atoms. The van der Waals surface area contributed by atoms with Gasteiger partial charge in [0, 0.05) is 54.0 Å². The van der Waals surface area contributed by atoms with Gasteiger partial charge in [0.25, 0.3) is 0 Å². The minimum Gasteiger partial charge on any atom is -0.466 e. The molecule has 5 rings (SSSR count). The average Bonchev–Trinajstić information content (AvgIpc) is 3.47. The molecule has 4 heterocycles. The third-order valence-electron chi connectivity index (χ3n) is 6.20.